The molecule has 5 nitrogen and oxygen atoms in total. The third kappa shape index (κ3) is 4.23. The molecule has 1 amide bonds. The summed E-state index contributed by atoms with van der Waals surface area (Å²) >= 11 is 0. The van der Waals surface area contributed by atoms with E-state index < -0.39 is 0 Å². The normalized spacial score (nSPS) is 23.0. The standard InChI is InChI=1S/C22H34N2O3/c1-5-6-9-22(25)23-11-7-8-18(15-23)24-12-10-17-13-20(26-3)21(27-4)14-19(17)16(24)2/h13-14,16,18H,5-12,15H2,1-4H3/t16-,18-/m1/s1. The molecule has 150 valence electrons. The molecule has 0 aliphatic carbocycles. The zero-order chi connectivity index (χ0) is 19.4. The first-order valence-corrected chi connectivity index (χ1v) is 10.4. The molecule has 1 aromatic carbocycles. The van der Waals surface area contributed by atoms with Gasteiger partial charge in [0.25, 0.3) is 0 Å². The highest BCUT2D eigenvalue weighted by molar-refractivity contribution is 5.76. The summed E-state index contributed by atoms with van der Waals surface area (Å²) in [6, 6.07) is 5.03. The van der Waals surface area contributed by atoms with E-state index >= 15 is 0 Å². The van der Waals surface area contributed by atoms with Crippen LogP contribution in [0.3, 0.4) is 0 Å². The van der Waals surface area contributed by atoms with Crippen LogP contribution in [-0.4, -0.2) is 55.6 Å². The average Bonchev–Trinajstić information content (AvgIpc) is 2.71. The topological polar surface area (TPSA) is 42.0 Å². The Morgan fingerprint density at radius 2 is 1.93 bits per heavy atom. The Morgan fingerprint density at radius 1 is 1.19 bits per heavy atom. The van der Waals surface area contributed by atoms with Crippen molar-refractivity contribution >= 4 is 5.91 Å². The van der Waals surface area contributed by atoms with Gasteiger partial charge in [0.15, 0.2) is 11.5 Å². The highest BCUT2D eigenvalue weighted by Gasteiger charge is 2.34. The van der Waals surface area contributed by atoms with Crippen LogP contribution < -0.4 is 9.47 Å². The maximum Gasteiger partial charge on any atom is 0.222 e. The molecule has 2 atom stereocenters. The number of carbonyl (C=O) groups is 1. The van der Waals surface area contributed by atoms with Crippen molar-refractivity contribution in [2.45, 2.75) is 64.5 Å². The third-order valence-corrected chi connectivity index (χ3v) is 6.19. The molecule has 1 fully saturated rings. The van der Waals surface area contributed by atoms with E-state index in [9.17, 15) is 4.79 Å². The number of amides is 1. The predicted molar refractivity (Wildman–Crippen MR) is 107 cm³/mol. The van der Waals surface area contributed by atoms with Crippen molar-refractivity contribution in [3.63, 3.8) is 0 Å². The van der Waals surface area contributed by atoms with E-state index in [0.717, 1.165) is 56.8 Å². The van der Waals surface area contributed by atoms with E-state index in [1.54, 1.807) is 14.2 Å². The molecule has 2 heterocycles. The smallest absolute Gasteiger partial charge is 0.222 e. The Hall–Kier alpha value is -1.75. The minimum Gasteiger partial charge on any atom is -0.493 e. The maximum absolute atomic E-state index is 12.5. The van der Waals surface area contributed by atoms with Crippen LogP contribution in [0.25, 0.3) is 0 Å². The number of likely N-dealkylation sites (tertiary alicyclic amines) is 1. The summed E-state index contributed by atoms with van der Waals surface area (Å²) in [5, 5.41) is 0. The van der Waals surface area contributed by atoms with Gasteiger partial charge in [0.1, 0.15) is 0 Å². The lowest BCUT2D eigenvalue weighted by Gasteiger charge is -2.45. The molecule has 5 heteroatoms. The number of hydrogen-bond donors (Lipinski definition) is 0. The molecule has 0 aromatic heterocycles. The van der Waals surface area contributed by atoms with Crippen LogP contribution in [0, 0.1) is 0 Å². The molecule has 0 unspecified atom stereocenters. The minimum atomic E-state index is 0.323. The fourth-order valence-corrected chi connectivity index (χ4v) is 4.60. The van der Waals surface area contributed by atoms with Gasteiger partial charge in [-0.1, -0.05) is 13.3 Å². The Kier molecular flexibility index (Phi) is 6.64. The van der Waals surface area contributed by atoms with Crippen molar-refractivity contribution in [1.29, 1.82) is 0 Å². The maximum atomic E-state index is 12.5. The van der Waals surface area contributed by atoms with E-state index in [1.807, 2.05) is 0 Å². The summed E-state index contributed by atoms with van der Waals surface area (Å²) in [7, 11) is 3.38. The lowest BCUT2D eigenvalue weighted by atomic mass is 9.90. The number of ether oxygens (including phenoxy) is 2. The van der Waals surface area contributed by atoms with Crippen LogP contribution in [0.4, 0.5) is 0 Å². The number of methoxy groups -OCH3 is 2. The van der Waals surface area contributed by atoms with E-state index in [-0.39, 0.29) is 0 Å². The van der Waals surface area contributed by atoms with Crippen molar-refractivity contribution in [2.24, 2.45) is 0 Å². The van der Waals surface area contributed by atoms with Gasteiger partial charge in [-0.05, 0) is 55.9 Å². The van der Waals surface area contributed by atoms with Crippen LogP contribution in [0.1, 0.15) is 63.1 Å². The van der Waals surface area contributed by atoms with Gasteiger partial charge in [-0.3, -0.25) is 9.69 Å². The lowest BCUT2D eigenvalue weighted by Crippen LogP contribution is -2.52. The number of piperidine rings is 1. The molecule has 3 rings (SSSR count). The van der Waals surface area contributed by atoms with E-state index in [0.29, 0.717) is 24.4 Å². The Morgan fingerprint density at radius 3 is 2.63 bits per heavy atom. The molecule has 2 aliphatic heterocycles. The van der Waals surface area contributed by atoms with E-state index in [1.165, 1.54) is 17.5 Å². The van der Waals surface area contributed by atoms with Gasteiger partial charge in [0.2, 0.25) is 5.91 Å². The van der Waals surface area contributed by atoms with Crippen LogP contribution >= 0.6 is 0 Å². The first-order chi connectivity index (χ1) is 13.1. The minimum absolute atomic E-state index is 0.323. The van der Waals surface area contributed by atoms with Crippen molar-refractivity contribution in [2.75, 3.05) is 33.9 Å². The predicted octanol–water partition coefficient (Wildman–Crippen LogP) is 3.80. The summed E-state index contributed by atoms with van der Waals surface area (Å²) < 4.78 is 11.0. The summed E-state index contributed by atoms with van der Waals surface area (Å²) in [6.45, 7) is 7.24. The van der Waals surface area contributed by atoms with Gasteiger partial charge in [0.05, 0.1) is 14.2 Å². The molecule has 0 radical (unpaired) electrons. The molecular weight excluding hydrogens is 340 g/mol. The molecule has 0 bridgehead atoms. The van der Waals surface area contributed by atoms with Gasteiger partial charge in [-0.15, -0.1) is 0 Å². The number of benzene rings is 1. The molecular formula is C22H34N2O3. The van der Waals surface area contributed by atoms with Gasteiger partial charge in [-0.25, -0.2) is 0 Å². The summed E-state index contributed by atoms with van der Waals surface area (Å²) in [5.41, 5.74) is 2.68. The summed E-state index contributed by atoms with van der Waals surface area (Å²) in [6.07, 6.45) is 6.05. The van der Waals surface area contributed by atoms with Gasteiger partial charge in [0, 0.05) is 38.1 Å². The highest BCUT2D eigenvalue weighted by Crippen LogP contribution is 2.39. The number of rotatable bonds is 6. The number of hydrogen-bond acceptors (Lipinski definition) is 4. The van der Waals surface area contributed by atoms with Gasteiger partial charge < -0.3 is 14.4 Å². The van der Waals surface area contributed by atoms with Crippen molar-refractivity contribution in [3.05, 3.63) is 23.3 Å². The number of fused-ring (bicyclic) bond motifs is 1. The largest absolute Gasteiger partial charge is 0.493 e. The Balaban J connectivity index is 1.74. The fraction of sp³-hybridized carbons (Fsp3) is 0.682. The monoisotopic (exact) mass is 374 g/mol. The second-order valence-electron chi connectivity index (χ2n) is 7.81. The van der Waals surface area contributed by atoms with Crippen molar-refractivity contribution < 1.29 is 14.3 Å². The van der Waals surface area contributed by atoms with Gasteiger partial charge in [-0.2, -0.15) is 0 Å². The van der Waals surface area contributed by atoms with Gasteiger partial charge >= 0.3 is 0 Å². The zero-order valence-corrected chi connectivity index (χ0v) is 17.3. The van der Waals surface area contributed by atoms with Crippen LogP contribution in [0.15, 0.2) is 12.1 Å². The molecule has 0 spiro atoms. The Labute approximate surface area is 163 Å². The van der Waals surface area contributed by atoms with Crippen molar-refractivity contribution in [1.82, 2.24) is 9.80 Å². The molecule has 0 N–H and O–H groups in total. The number of carbonyl (C=O) groups excluding carboxylic acids is 1. The van der Waals surface area contributed by atoms with E-state index in [2.05, 4.69) is 35.8 Å². The molecule has 1 aromatic rings. The van der Waals surface area contributed by atoms with Crippen LogP contribution in [0.2, 0.25) is 0 Å². The highest BCUT2D eigenvalue weighted by atomic mass is 16.5. The SMILES string of the molecule is CCCCC(=O)N1CCC[C@@H](N2CCc3cc(OC)c(OC)cc3[C@H]2C)C1. The Bertz CT molecular complexity index is 661. The molecule has 1 saturated heterocycles. The fourth-order valence-electron chi connectivity index (χ4n) is 4.60. The third-order valence-electron chi connectivity index (χ3n) is 6.19. The first-order valence-electron chi connectivity index (χ1n) is 10.4. The van der Waals surface area contributed by atoms with Crippen LogP contribution in [-0.2, 0) is 11.2 Å². The molecule has 0 saturated carbocycles. The zero-order valence-electron chi connectivity index (χ0n) is 17.3. The van der Waals surface area contributed by atoms with Crippen molar-refractivity contribution in [3.8, 4) is 11.5 Å². The summed E-state index contributed by atoms with van der Waals surface area (Å²) in [4.78, 5) is 17.2. The second-order valence-corrected chi connectivity index (χ2v) is 7.81. The number of nitrogens with zero attached hydrogens (tertiary/aromatic N) is 2. The van der Waals surface area contributed by atoms with Crippen LogP contribution in [0.5, 0.6) is 11.5 Å². The second kappa shape index (κ2) is 8.96. The quantitative estimate of drug-likeness (QED) is 0.759. The van der Waals surface area contributed by atoms with E-state index in [4.69, 9.17) is 9.47 Å². The summed E-state index contributed by atoms with van der Waals surface area (Å²) in [5.74, 6) is 1.94. The average molecular weight is 375 g/mol. The lowest BCUT2D eigenvalue weighted by molar-refractivity contribution is -0.133. The molecule has 2 aliphatic rings. The molecule has 27 heavy (non-hydrogen) atoms. The number of unbranched alkanes of at least 4 members (excludes halogenated alkanes) is 1. The first kappa shape index (κ1) is 20.0.